The molecule has 102 valence electrons. The van der Waals surface area contributed by atoms with E-state index in [1.807, 2.05) is 20.8 Å². The summed E-state index contributed by atoms with van der Waals surface area (Å²) < 4.78 is 25.5. The lowest BCUT2D eigenvalue weighted by Crippen LogP contribution is -2.42. The molecule has 0 saturated carbocycles. The number of carboxylic acids is 1. The first kappa shape index (κ1) is 16.4. The molecule has 0 aromatic heterocycles. The molecule has 0 saturated heterocycles. The van der Waals surface area contributed by atoms with Gasteiger partial charge in [-0.2, -0.15) is 0 Å². The van der Waals surface area contributed by atoms with Crippen LogP contribution in [-0.2, 0) is 14.8 Å². The van der Waals surface area contributed by atoms with Gasteiger partial charge in [0.2, 0.25) is 10.0 Å². The van der Waals surface area contributed by atoms with Crippen molar-refractivity contribution in [2.75, 3.05) is 5.75 Å². The Bertz CT molecular complexity index is 324. The van der Waals surface area contributed by atoms with Gasteiger partial charge in [-0.3, -0.25) is 4.79 Å². The van der Waals surface area contributed by atoms with E-state index in [-0.39, 0.29) is 11.7 Å². The summed E-state index contributed by atoms with van der Waals surface area (Å²) >= 11 is 0. The standard InChI is InChI=1S/C11H23NO4S/c1-4-5-6-7-17(15,16)12-10(11(13)14)8-9(2)3/h9-10,12H,4-8H2,1-3H3,(H,13,14). The molecule has 0 aromatic carbocycles. The Morgan fingerprint density at radius 1 is 1.29 bits per heavy atom. The average Bonchev–Trinajstić information content (AvgIpc) is 2.15. The zero-order valence-corrected chi connectivity index (χ0v) is 11.6. The van der Waals surface area contributed by atoms with Crippen molar-refractivity contribution >= 4 is 16.0 Å². The zero-order valence-electron chi connectivity index (χ0n) is 10.8. The molecule has 0 bridgehead atoms. The van der Waals surface area contributed by atoms with Crippen molar-refractivity contribution < 1.29 is 18.3 Å². The predicted molar refractivity (Wildman–Crippen MR) is 67.3 cm³/mol. The van der Waals surface area contributed by atoms with E-state index in [0.29, 0.717) is 12.8 Å². The van der Waals surface area contributed by atoms with Gasteiger partial charge in [-0.05, 0) is 18.8 Å². The van der Waals surface area contributed by atoms with E-state index in [9.17, 15) is 13.2 Å². The minimum Gasteiger partial charge on any atom is -0.480 e. The Morgan fingerprint density at radius 2 is 1.88 bits per heavy atom. The summed E-state index contributed by atoms with van der Waals surface area (Å²) in [4.78, 5) is 10.9. The normalized spacial score (nSPS) is 13.9. The van der Waals surface area contributed by atoms with E-state index in [1.165, 1.54) is 0 Å². The Morgan fingerprint density at radius 3 is 2.29 bits per heavy atom. The highest BCUT2D eigenvalue weighted by Gasteiger charge is 2.24. The van der Waals surface area contributed by atoms with Crippen LogP contribution in [0.4, 0.5) is 0 Å². The number of carbonyl (C=O) groups is 1. The van der Waals surface area contributed by atoms with Gasteiger partial charge in [-0.15, -0.1) is 0 Å². The maximum Gasteiger partial charge on any atom is 0.321 e. The number of hydrogen-bond acceptors (Lipinski definition) is 3. The molecule has 0 radical (unpaired) electrons. The van der Waals surface area contributed by atoms with Crippen molar-refractivity contribution in [2.24, 2.45) is 5.92 Å². The molecule has 0 fully saturated rings. The molecule has 0 aromatic rings. The van der Waals surface area contributed by atoms with Crippen LogP contribution in [0.15, 0.2) is 0 Å². The second-order valence-electron chi connectivity index (χ2n) is 4.66. The maximum atomic E-state index is 11.6. The van der Waals surface area contributed by atoms with Crippen molar-refractivity contribution in [3.05, 3.63) is 0 Å². The van der Waals surface area contributed by atoms with Crippen molar-refractivity contribution in [1.29, 1.82) is 0 Å². The smallest absolute Gasteiger partial charge is 0.321 e. The van der Waals surface area contributed by atoms with Crippen molar-refractivity contribution in [3.63, 3.8) is 0 Å². The fourth-order valence-corrected chi connectivity index (χ4v) is 2.82. The van der Waals surface area contributed by atoms with Crippen LogP contribution < -0.4 is 4.72 Å². The number of sulfonamides is 1. The Hall–Kier alpha value is -0.620. The van der Waals surface area contributed by atoms with Gasteiger partial charge in [0, 0.05) is 0 Å². The molecule has 0 aliphatic heterocycles. The first-order valence-corrected chi connectivity index (χ1v) is 7.66. The number of carboxylic acid groups (broad SMARTS) is 1. The number of nitrogens with one attached hydrogen (secondary N) is 1. The first-order valence-electron chi connectivity index (χ1n) is 6.01. The molecular weight excluding hydrogens is 242 g/mol. The third kappa shape index (κ3) is 8.15. The van der Waals surface area contributed by atoms with Crippen LogP contribution in [-0.4, -0.2) is 31.3 Å². The lowest BCUT2D eigenvalue weighted by Gasteiger charge is -2.16. The van der Waals surface area contributed by atoms with Crippen LogP contribution in [0.5, 0.6) is 0 Å². The summed E-state index contributed by atoms with van der Waals surface area (Å²) in [5.74, 6) is -0.977. The molecular formula is C11H23NO4S. The van der Waals surface area contributed by atoms with Gasteiger partial charge in [0.05, 0.1) is 5.75 Å². The molecule has 2 N–H and O–H groups in total. The lowest BCUT2D eigenvalue weighted by atomic mass is 10.1. The summed E-state index contributed by atoms with van der Waals surface area (Å²) in [5, 5.41) is 8.93. The number of aliphatic carboxylic acids is 1. The molecule has 6 heteroatoms. The third-order valence-corrected chi connectivity index (χ3v) is 3.81. The molecule has 5 nitrogen and oxygen atoms in total. The monoisotopic (exact) mass is 265 g/mol. The maximum absolute atomic E-state index is 11.6. The van der Waals surface area contributed by atoms with E-state index in [4.69, 9.17) is 5.11 Å². The SMILES string of the molecule is CCCCCS(=O)(=O)NC(CC(C)C)C(=O)O. The van der Waals surface area contributed by atoms with Crippen molar-refractivity contribution in [3.8, 4) is 0 Å². The molecule has 1 unspecified atom stereocenters. The van der Waals surface area contributed by atoms with E-state index in [1.54, 1.807) is 0 Å². The third-order valence-electron chi connectivity index (χ3n) is 2.34. The molecule has 0 rings (SSSR count). The zero-order chi connectivity index (χ0) is 13.5. The van der Waals surface area contributed by atoms with Crippen LogP contribution >= 0.6 is 0 Å². The van der Waals surface area contributed by atoms with Crippen molar-refractivity contribution in [2.45, 2.75) is 52.5 Å². The van der Waals surface area contributed by atoms with E-state index >= 15 is 0 Å². The van der Waals surface area contributed by atoms with Gasteiger partial charge in [0.25, 0.3) is 0 Å². The van der Waals surface area contributed by atoms with E-state index < -0.39 is 22.0 Å². The Balaban J connectivity index is 4.37. The molecule has 0 heterocycles. The van der Waals surface area contributed by atoms with Gasteiger partial charge in [0.15, 0.2) is 0 Å². The Kier molecular flexibility index (Phi) is 7.38. The van der Waals surface area contributed by atoms with Gasteiger partial charge < -0.3 is 5.11 Å². The molecule has 17 heavy (non-hydrogen) atoms. The van der Waals surface area contributed by atoms with Gasteiger partial charge in [-0.1, -0.05) is 33.6 Å². The number of rotatable bonds is 9. The predicted octanol–water partition coefficient (Wildman–Crippen LogP) is 1.60. The molecule has 1 atom stereocenters. The molecule has 0 aliphatic carbocycles. The Labute approximate surface area is 104 Å². The van der Waals surface area contributed by atoms with Gasteiger partial charge >= 0.3 is 5.97 Å². The lowest BCUT2D eigenvalue weighted by molar-refractivity contribution is -0.139. The van der Waals surface area contributed by atoms with Crippen LogP contribution in [0.1, 0.15) is 46.5 Å². The van der Waals surface area contributed by atoms with Crippen LogP contribution in [0.3, 0.4) is 0 Å². The summed E-state index contributed by atoms with van der Waals surface area (Å²) in [6.45, 7) is 5.71. The highest BCUT2D eigenvalue weighted by atomic mass is 32.2. The summed E-state index contributed by atoms with van der Waals surface area (Å²) in [5.41, 5.74) is 0. The minimum atomic E-state index is -3.47. The molecule has 0 spiro atoms. The molecule has 0 amide bonds. The van der Waals surface area contributed by atoms with Crippen LogP contribution in [0.2, 0.25) is 0 Å². The highest BCUT2D eigenvalue weighted by molar-refractivity contribution is 7.89. The van der Waals surface area contributed by atoms with Crippen molar-refractivity contribution in [1.82, 2.24) is 4.72 Å². The van der Waals surface area contributed by atoms with Gasteiger partial charge in [0.1, 0.15) is 6.04 Å². The average molecular weight is 265 g/mol. The quantitative estimate of drug-likeness (QED) is 0.620. The minimum absolute atomic E-state index is 0.00269. The fourth-order valence-electron chi connectivity index (χ4n) is 1.49. The summed E-state index contributed by atoms with van der Waals surface area (Å²) in [6.07, 6.45) is 2.65. The van der Waals surface area contributed by atoms with Gasteiger partial charge in [-0.25, -0.2) is 13.1 Å². The van der Waals surface area contributed by atoms with E-state index in [2.05, 4.69) is 4.72 Å². The fraction of sp³-hybridized carbons (Fsp3) is 0.909. The second kappa shape index (κ2) is 7.66. The number of hydrogen-bond donors (Lipinski definition) is 2. The largest absolute Gasteiger partial charge is 0.480 e. The van der Waals surface area contributed by atoms with E-state index in [0.717, 1.165) is 12.8 Å². The highest BCUT2D eigenvalue weighted by Crippen LogP contribution is 2.07. The van der Waals surface area contributed by atoms with Crippen LogP contribution in [0, 0.1) is 5.92 Å². The number of unbranched alkanes of at least 4 members (excludes halogenated alkanes) is 2. The van der Waals surface area contributed by atoms with Crippen LogP contribution in [0.25, 0.3) is 0 Å². The topological polar surface area (TPSA) is 83.5 Å². The second-order valence-corrected chi connectivity index (χ2v) is 6.54. The first-order chi connectivity index (χ1) is 7.78. The molecule has 0 aliphatic rings. The summed E-state index contributed by atoms with van der Waals surface area (Å²) in [7, 11) is -3.47. The summed E-state index contributed by atoms with van der Waals surface area (Å²) in [6, 6.07) is -1.01.